The number of carbonyl (C=O) groups is 4. The van der Waals surface area contributed by atoms with Gasteiger partial charge in [-0.15, -0.1) is 0 Å². The molecule has 2 aliphatic carbocycles. The second-order valence-corrected chi connectivity index (χ2v) is 10.4. The zero-order chi connectivity index (χ0) is 27.1. The third-order valence-corrected chi connectivity index (χ3v) is 8.40. The van der Waals surface area contributed by atoms with Crippen LogP contribution in [-0.2, 0) is 4.74 Å². The number of hydrogen-bond acceptors (Lipinski definition) is 5. The van der Waals surface area contributed by atoms with Crippen molar-refractivity contribution < 1.29 is 28.3 Å². The van der Waals surface area contributed by atoms with Gasteiger partial charge >= 0.3 is 0 Å². The van der Waals surface area contributed by atoms with Gasteiger partial charge in [0.1, 0.15) is 17.3 Å². The van der Waals surface area contributed by atoms with E-state index in [-0.39, 0.29) is 27.8 Å². The zero-order valence-corrected chi connectivity index (χ0v) is 20.8. The molecular weight excluding hydrogens is 495 g/mol. The Morgan fingerprint density at radius 2 is 1.13 bits per heavy atom. The maximum atomic E-state index is 14.8. The predicted molar refractivity (Wildman–Crippen MR) is 140 cm³/mol. The van der Waals surface area contributed by atoms with Gasteiger partial charge in [-0.1, -0.05) is 90.5 Å². The minimum Gasteiger partial charge on any atom is -0.348 e. The SMILES string of the molecule is Cc1ccc([C@H]2OC3(C(=O)c4ccccc4C3=O)[C@@H](c3cccc(F)c3)C23C(=O)c2ccccc2C3=O)cc1. The van der Waals surface area contributed by atoms with E-state index in [1.807, 2.05) is 19.1 Å². The summed E-state index contributed by atoms with van der Waals surface area (Å²) in [5.74, 6) is -4.40. The summed E-state index contributed by atoms with van der Waals surface area (Å²) in [6, 6.07) is 25.3. The van der Waals surface area contributed by atoms with Crippen molar-refractivity contribution >= 4 is 23.1 Å². The highest BCUT2D eigenvalue weighted by molar-refractivity contribution is 6.37. The van der Waals surface area contributed by atoms with Gasteiger partial charge in [0.25, 0.3) is 0 Å². The first-order valence-electron chi connectivity index (χ1n) is 12.7. The monoisotopic (exact) mass is 516 g/mol. The molecule has 0 amide bonds. The van der Waals surface area contributed by atoms with E-state index >= 15 is 0 Å². The summed E-state index contributed by atoms with van der Waals surface area (Å²) in [6.45, 7) is 1.90. The molecule has 3 aliphatic rings. The summed E-state index contributed by atoms with van der Waals surface area (Å²) in [4.78, 5) is 57.7. The Balaban J connectivity index is 1.60. The Morgan fingerprint density at radius 3 is 1.64 bits per heavy atom. The van der Waals surface area contributed by atoms with Crippen LogP contribution >= 0.6 is 0 Å². The van der Waals surface area contributed by atoms with Crippen molar-refractivity contribution in [1.82, 2.24) is 0 Å². The number of carbonyl (C=O) groups excluding carboxylic acids is 4. The van der Waals surface area contributed by atoms with Crippen molar-refractivity contribution in [1.29, 1.82) is 0 Å². The molecule has 2 spiro atoms. The number of benzene rings is 4. The number of aryl methyl sites for hydroxylation is 1. The van der Waals surface area contributed by atoms with Gasteiger partial charge < -0.3 is 4.74 Å². The van der Waals surface area contributed by atoms with Gasteiger partial charge in [-0.25, -0.2) is 4.39 Å². The van der Waals surface area contributed by atoms with E-state index in [4.69, 9.17) is 4.74 Å². The topological polar surface area (TPSA) is 77.5 Å². The number of ether oxygens (including phenoxy) is 1. The zero-order valence-electron chi connectivity index (χ0n) is 20.8. The van der Waals surface area contributed by atoms with E-state index < -0.39 is 52.0 Å². The van der Waals surface area contributed by atoms with Gasteiger partial charge in [-0.2, -0.15) is 0 Å². The standard InChI is InChI=1S/C33H21FO5/c1-18-13-15-19(16-14-18)31-32(27(35)22-9-2-3-10-23(22)28(32)36)26(20-7-6-8-21(34)17-20)33(39-31)29(37)24-11-4-5-12-25(24)30(33)38/h2-17,26,31H,1H3/t26-,31+/m0/s1. The van der Waals surface area contributed by atoms with Gasteiger partial charge in [-0.3, -0.25) is 19.2 Å². The van der Waals surface area contributed by atoms with Crippen LogP contribution in [0.25, 0.3) is 0 Å². The van der Waals surface area contributed by atoms with Crippen molar-refractivity contribution in [2.45, 2.75) is 24.5 Å². The Morgan fingerprint density at radius 1 is 0.615 bits per heavy atom. The van der Waals surface area contributed by atoms with E-state index in [2.05, 4.69) is 0 Å². The van der Waals surface area contributed by atoms with Crippen molar-refractivity contribution in [3.8, 4) is 0 Å². The molecule has 6 heteroatoms. The Bertz CT molecular complexity index is 1680. The molecule has 190 valence electrons. The highest BCUT2D eigenvalue weighted by Crippen LogP contribution is 2.67. The lowest BCUT2D eigenvalue weighted by Crippen LogP contribution is -2.51. The minimum atomic E-state index is -2.24. The molecule has 5 nitrogen and oxygen atoms in total. The Hall–Kier alpha value is -4.55. The van der Waals surface area contributed by atoms with Crippen LogP contribution in [0, 0.1) is 18.2 Å². The predicted octanol–water partition coefficient (Wildman–Crippen LogP) is 5.87. The molecule has 39 heavy (non-hydrogen) atoms. The Labute approximate surface area is 223 Å². The maximum absolute atomic E-state index is 14.8. The van der Waals surface area contributed by atoms with E-state index in [0.717, 1.165) is 5.56 Å². The van der Waals surface area contributed by atoms with Crippen LogP contribution in [0.3, 0.4) is 0 Å². The molecule has 0 bridgehead atoms. The van der Waals surface area contributed by atoms with E-state index in [1.54, 1.807) is 54.6 Å². The van der Waals surface area contributed by atoms with Crippen LogP contribution in [0.1, 0.15) is 70.1 Å². The lowest BCUT2D eigenvalue weighted by molar-refractivity contribution is -0.0210. The summed E-state index contributed by atoms with van der Waals surface area (Å²) >= 11 is 0. The van der Waals surface area contributed by atoms with Crippen LogP contribution in [0.4, 0.5) is 4.39 Å². The number of rotatable bonds is 2. The molecule has 0 saturated carbocycles. The van der Waals surface area contributed by atoms with Gasteiger partial charge in [0.05, 0.1) is 5.92 Å². The summed E-state index contributed by atoms with van der Waals surface area (Å²) in [5, 5.41) is 0. The lowest BCUT2D eigenvalue weighted by Gasteiger charge is -2.34. The summed E-state index contributed by atoms with van der Waals surface area (Å²) < 4.78 is 21.4. The van der Waals surface area contributed by atoms with Crippen molar-refractivity contribution in [2.24, 2.45) is 5.41 Å². The number of Topliss-reactive ketones (excluding diaryl/α,β-unsaturated/α-hetero) is 4. The average Bonchev–Trinajstić information content (AvgIpc) is 3.47. The Kier molecular flexibility index (Phi) is 4.82. The molecule has 1 fully saturated rings. The fourth-order valence-electron chi connectivity index (χ4n) is 6.75. The molecule has 0 N–H and O–H groups in total. The second kappa shape index (κ2) is 7.98. The molecule has 1 saturated heterocycles. The third kappa shape index (κ3) is 2.81. The first-order chi connectivity index (χ1) is 18.8. The molecule has 0 unspecified atom stereocenters. The maximum Gasteiger partial charge on any atom is 0.204 e. The van der Waals surface area contributed by atoms with Crippen molar-refractivity contribution in [3.05, 3.63) is 142 Å². The molecule has 1 heterocycles. The lowest BCUT2D eigenvalue weighted by atomic mass is 9.60. The number of fused-ring (bicyclic) bond motifs is 2. The smallest absolute Gasteiger partial charge is 0.204 e. The molecule has 2 atom stereocenters. The van der Waals surface area contributed by atoms with E-state index in [1.165, 1.54) is 30.3 Å². The highest BCUT2D eigenvalue weighted by Gasteiger charge is 2.79. The first kappa shape index (κ1) is 23.6. The second-order valence-electron chi connectivity index (χ2n) is 10.4. The number of ketones is 4. The van der Waals surface area contributed by atoms with Crippen LogP contribution in [0.15, 0.2) is 97.1 Å². The minimum absolute atomic E-state index is 0.152. The van der Waals surface area contributed by atoms with Gasteiger partial charge in [0.15, 0.2) is 11.6 Å². The fraction of sp³-hybridized carbons (Fsp3) is 0.152. The highest BCUT2D eigenvalue weighted by atomic mass is 19.1. The first-order valence-corrected chi connectivity index (χ1v) is 12.7. The van der Waals surface area contributed by atoms with Gasteiger partial charge in [0.2, 0.25) is 17.2 Å². The number of hydrogen-bond donors (Lipinski definition) is 0. The molecule has 1 aliphatic heterocycles. The van der Waals surface area contributed by atoms with Gasteiger partial charge in [0, 0.05) is 22.3 Å². The van der Waals surface area contributed by atoms with Crippen molar-refractivity contribution in [2.75, 3.05) is 0 Å². The molecule has 7 rings (SSSR count). The quantitative estimate of drug-likeness (QED) is 0.311. The fourth-order valence-corrected chi connectivity index (χ4v) is 6.75. The normalized spacial score (nSPS) is 22.1. The van der Waals surface area contributed by atoms with Gasteiger partial charge in [-0.05, 0) is 30.2 Å². The third-order valence-electron chi connectivity index (χ3n) is 8.40. The van der Waals surface area contributed by atoms with E-state index in [0.29, 0.717) is 5.56 Å². The molecule has 4 aromatic carbocycles. The average molecular weight is 517 g/mol. The molecule has 0 aromatic heterocycles. The largest absolute Gasteiger partial charge is 0.348 e. The van der Waals surface area contributed by atoms with Crippen LogP contribution in [0.5, 0.6) is 0 Å². The van der Waals surface area contributed by atoms with Crippen LogP contribution in [-0.4, -0.2) is 28.7 Å². The van der Waals surface area contributed by atoms with Crippen LogP contribution in [0.2, 0.25) is 0 Å². The van der Waals surface area contributed by atoms with Crippen LogP contribution < -0.4 is 0 Å². The summed E-state index contributed by atoms with van der Waals surface area (Å²) in [6.07, 6.45) is -1.28. The summed E-state index contributed by atoms with van der Waals surface area (Å²) in [5.41, 5.74) is -1.97. The molecule has 0 radical (unpaired) electrons. The van der Waals surface area contributed by atoms with E-state index in [9.17, 15) is 23.6 Å². The van der Waals surface area contributed by atoms with Crippen molar-refractivity contribution in [3.63, 3.8) is 0 Å². The summed E-state index contributed by atoms with van der Waals surface area (Å²) in [7, 11) is 0. The molecule has 4 aromatic rings. The number of halogens is 1. The molecular formula is C33H21FO5.